The quantitative estimate of drug-likeness (QED) is 0.539. The van der Waals surface area contributed by atoms with Crippen LogP contribution in [0.1, 0.15) is 19.3 Å². The number of ether oxygens (including phenoxy) is 1. The molecule has 1 saturated heterocycles. The van der Waals surface area contributed by atoms with Gasteiger partial charge in [0, 0.05) is 19.6 Å². The highest BCUT2D eigenvalue weighted by atomic mass is 16.5. The number of hydrogen-bond acceptors (Lipinski definition) is 4. The van der Waals surface area contributed by atoms with Crippen LogP contribution >= 0.6 is 0 Å². The molecule has 0 bridgehead atoms. The van der Waals surface area contributed by atoms with E-state index in [2.05, 4.69) is 0 Å². The van der Waals surface area contributed by atoms with Crippen molar-refractivity contribution in [3.63, 3.8) is 0 Å². The average Bonchev–Trinajstić information content (AvgIpc) is 2.29. The molecule has 5 heteroatoms. The lowest BCUT2D eigenvalue weighted by Crippen LogP contribution is -2.47. The first-order valence-corrected chi connectivity index (χ1v) is 4.27. The molecule has 0 aliphatic carbocycles. The predicted octanol–water partition coefficient (Wildman–Crippen LogP) is -0.637. The van der Waals surface area contributed by atoms with Gasteiger partial charge in [-0.2, -0.15) is 0 Å². The molecule has 3 N–H and O–H groups in total. The maximum atomic E-state index is 10.5. The SMILES string of the molecule is O=C(O)C(O)C1(O)CCCOCC1. The van der Waals surface area contributed by atoms with Crippen LogP contribution in [0.5, 0.6) is 0 Å². The van der Waals surface area contributed by atoms with E-state index in [0.29, 0.717) is 19.6 Å². The summed E-state index contributed by atoms with van der Waals surface area (Å²) in [5.74, 6) is -1.38. The summed E-state index contributed by atoms with van der Waals surface area (Å²) in [5.41, 5.74) is -1.53. The third-order valence-electron chi connectivity index (χ3n) is 2.32. The molecule has 0 aromatic heterocycles. The second-order valence-corrected chi connectivity index (χ2v) is 3.31. The number of rotatable bonds is 2. The van der Waals surface area contributed by atoms with Gasteiger partial charge in [0.25, 0.3) is 0 Å². The van der Waals surface area contributed by atoms with Crippen LogP contribution in [0.25, 0.3) is 0 Å². The van der Waals surface area contributed by atoms with Gasteiger partial charge < -0.3 is 20.1 Å². The molecular formula is C8H14O5. The number of carboxylic acid groups (broad SMARTS) is 1. The van der Waals surface area contributed by atoms with E-state index in [-0.39, 0.29) is 12.8 Å². The molecule has 1 aliphatic heterocycles. The van der Waals surface area contributed by atoms with Crippen molar-refractivity contribution in [2.75, 3.05) is 13.2 Å². The molecule has 1 fully saturated rings. The standard InChI is InChI=1S/C8H14O5/c9-6(7(10)11)8(12)2-1-4-13-5-3-8/h6,9,12H,1-5H2,(H,10,11). The molecule has 1 heterocycles. The fourth-order valence-corrected chi connectivity index (χ4v) is 1.46. The first-order valence-electron chi connectivity index (χ1n) is 4.27. The van der Waals surface area contributed by atoms with E-state index in [0.717, 1.165) is 0 Å². The van der Waals surface area contributed by atoms with Gasteiger partial charge in [-0.1, -0.05) is 0 Å². The van der Waals surface area contributed by atoms with Gasteiger partial charge in [0.1, 0.15) is 5.60 Å². The van der Waals surface area contributed by atoms with Gasteiger partial charge in [-0.3, -0.25) is 0 Å². The van der Waals surface area contributed by atoms with E-state index < -0.39 is 17.7 Å². The molecule has 1 rings (SSSR count). The van der Waals surface area contributed by atoms with Crippen LogP contribution in [0.15, 0.2) is 0 Å². The highest BCUT2D eigenvalue weighted by Gasteiger charge is 2.40. The molecule has 0 spiro atoms. The molecular weight excluding hydrogens is 176 g/mol. The maximum Gasteiger partial charge on any atom is 0.335 e. The molecule has 1 aliphatic rings. The molecule has 0 amide bonds. The van der Waals surface area contributed by atoms with Crippen molar-refractivity contribution in [2.45, 2.75) is 31.0 Å². The normalized spacial score (nSPS) is 32.2. The van der Waals surface area contributed by atoms with Crippen molar-refractivity contribution in [3.8, 4) is 0 Å². The van der Waals surface area contributed by atoms with Crippen molar-refractivity contribution in [1.82, 2.24) is 0 Å². The van der Waals surface area contributed by atoms with Crippen LogP contribution < -0.4 is 0 Å². The van der Waals surface area contributed by atoms with E-state index in [9.17, 15) is 15.0 Å². The number of aliphatic carboxylic acids is 1. The zero-order valence-electron chi connectivity index (χ0n) is 7.27. The Labute approximate surface area is 75.9 Å². The van der Waals surface area contributed by atoms with Crippen molar-refractivity contribution in [1.29, 1.82) is 0 Å². The second kappa shape index (κ2) is 4.04. The van der Waals surface area contributed by atoms with E-state index in [1.165, 1.54) is 0 Å². The summed E-state index contributed by atoms with van der Waals surface area (Å²) in [5, 5.41) is 27.6. The number of carbonyl (C=O) groups is 1. The third kappa shape index (κ3) is 2.40. The Bertz CT molecular complexity index is 183. The lowest BCUT2D eigenvalue weighted by Gasteiger charge is -2.28. The minimum Gasteiger partial charge on any atom is -0.479 e. The number of aliphatic hydroxyl groups is 2. The molecule has 13 heavy (non-hydrogen) atoms. The summed E-state index contributed by atoms with van der Waals surface area (Å²) in [6.45, 7) is 0.801. The topological polar surface area (TPSA) is 87.0 Å². The molecule has 0 aromatic rings. The number of hydrogen-bond donors (Lipinski definition) is 3. The van der Waals surface area contributed by atoms with E-state index in [4.69, 9.17) is 9.84 Å². The first kappa shape index (κ1) is 10.4. The number of aliphatic hydroxyl groups excluding tert-OH is 1. The van der Waals surface area contributed by atoms with Crippen molar-refractivity contribution in [3.05, 3.63) is 0 Å². The Morgan fingerprint density at radius 3 is 2.69 bits per heavy atom. The van der Waals surface area contributed by atoms with Crippen molar-refractivity contribution >= 4 is 5.97 Å². The molecule has 0 radical (unpaired) electrons. The van der Waals surface area contributed by atoms with Crippen molar-refractivity contribution in [2.24, 2.45) is 0 Å². The van der Waals surface area contributed by atoms with Gasteiger partial charge in [-0.25, -0.2) is 4.79 Å². The second-order valence-electron chi connectivity index (χ2n) is 3.31. The van der Waals surface area contributed by atoms with E-state index in [1.54, 1.807) is 0 Å². The Morgan fingerprint density at radius 2 is 2.08 bits per heavy atom. The molecule has 0 aromatic carbocycles. The Kier molecular flexibility index (Phi) is 3.24. The van der Waals surface area contributed by atoms with Gasteiger partial charge in [-0.05, 0) is 12.8 Å². The number of carboxylic acids is 1. The van der Waals surface area contributed by atoms with Crippen LogP contribution in [0.3, 0.4) is 0 Å². The summed E-state index contributed by atoms with van der Waals surface area (Å²) >= 11 is 0. The Hall–Kier alpha value is -0.650. The van der Waals surface area contributed by atoms with E-state index >= 15 is 0 Å². The highest BCUT2D eigenvalue weighted by molar-refractivity contribution is 5.73. The van der Waals surface area contributed by atoms with Crippen molar-refractivity contribution < 1.29 is 24.9 Å². The molecule has 2 unspecified atom stereocenters. The molecule has 0 saturated carbocycles. The largest absolute Gasteiger partial charge is 0.479 e. The summed E-state index contributed by atoms with van der Waals surface area (Å²) in [6.07, 6.45) is -0.712. The minimum absolute atomic E-state index is 0.167. The molecule has 5 nitrogen and oxygen atoms in total. The predicted molar refractivity (Wildman–Crippen MR) is 43.3 cm³/mol. The van der Waals surface area contributed by atoms with Crippen LogP contribution in [-0.2, 0) is 9.53 Å². The fourth-order valence-electron chi connectivity index (χ4n) is 1.46. The minimum atomic E-state index is -1.71. The van der Waals surface area contributed by atoms with Gasteiger partial charge in [0.2, 0.25) is 0 Å². The zero-order valence-corrected chi connectivity index (χ0v) is 7.27. The average molecular weight is 190 g/mol. The lowest BCUT2D eigenvalue weighted by molar-refractivity contribution is -0.164. The molecule has 76 valence electrons. The lowest BCUT2D eigenvalue weighted by atomic mass is 9.89. The first-order chi connectivity index (χ1) is 6.06. The third-order valence-corrected chi connectivity index (χ3v) is 2.32. The summed E-state index contributed by atoms with van der Waals surface area (Å²) in [4.78, 5) is 10.5. The Morgan fingerprint density at radius 1 is 1.38 bits per heavy atom. The van der Waals surface area contributed by atoms with E-state index in [1.807, 2.05) is 0 Å². The van der Waals surface area contributed by atoms with Crippen LogP contribution in [0.4, 0.5) is 0 Å². The molecule has 2 atom stereocenters. The smallest absolute Gasteiger partial charge is 0.335 e. The van der Waals surface area contributed by atoms with Crippen LogP contribution in [0.2, 0.25) is 0 Å². The monoisotopic (exact) mass is 190 g/mol. The van der Waals surface area contributed by atoms with Crippen LogP contribution in [-0.4, -0.2) is 46.2 Å². The van der Waals surface area contributed by atoms with Gasteiger partial charge >= 0.3 is 5.97 Å². The highest BCUT2D eigenvalue weighted by Crippen LogP contribution is 2.24. The van der Waals surface area contributed by atoms with Gasteiger partial charge in [0.05, 0.1) is 0 Å². The Balaban J connectivity index is 2.65. The van der Waals surface area contributed by atoms with Gasteiger partial charge in [-0.15, -0.1) is 0 Å². The van der Waals surface area contributed by atoms with Gasteiger partial charge in [0.15, 0.2) is 6.10 Å². The summed E-state index contributed by atoms with van der Waals surface area (Å²) in [7, 11) is 0. The van der Waals surface area contributed by atoms with Crippen LogP contribution in [0, 0.1) is 0 Å². The summed E-state index contributed by atoms with van der Waals surface area (Å²) < 4.78 is 5.06. The summed E-state index contributed by atoms with van der Waals surface area (Å²) in [6, 6.07) is 0. The zero-order chi connectivity index (χ0) is 9.90. The maximum absolute atomic E-state index is 10.5. The fraction of sp³-hybridized carbons (Fsp3) is 0.875.